The van der Waals surface area contributed by atoms with E-state index in [0.717, 1.165) is 49.3 Å². The van der Waals surface area contributed by atoms with Crippen LogP contribution in [0.15, 0.2) is 53.4 Å². The molecule has 0 amide bonds. The zero-order chi connectivity index (χ0) is 23.4. The average Bonchev–Trinajstić information content (AvgIpc) is 3.52. The number of nitro benzene ring substituents is 1. The zero-order valence-electron chi connectivity index (χ0n) is 18.0. The van der Waals surface area contributed by atoms with E-state index in [9.17, 15) is 23.3 Å². The Morgan fingerprint density at radius 2 is 1.82 bits per heavy atom. The molecule has 0 spiro atoms. The smallest absolute Gasteiger partial charge is 0.324 e. The van der Waals surface area contributed by atoms with Gasteiger partial charge in [0.1, 0.15) is 12.2 Å². The number of nitrogens with one attached hydrogen (secondary N) is 1. The van der Waals surface area contributed by atoms with Crippen molar-refractivity contribution < 1.29 is 22.9 Å². The van der Waals surface area contributed by atoms with Crippen molar-refractivity contribution in [2.75, 3.05) is 25.5 Å². The maximum absolute atomic E-state index is 13.9. The number of ether oxygens (including phenoxy) is 1. The number of nitrogens with zero attached hydrogens (tertiary/aromatic N) is 3. The number of hydrogen-bond acceptors (Lipinski definition) is 8. The molecule has 5 rings (SSSR count). The molecule has 0 bridgehead atoms. The minimum absolute atomic E-state index is 0.114. The minimum Gasteiger partial charge on any atom is -0.468 e. The van der Waals surface area contributed by atoms with Crippen molar-refractivity contribution >= 4 is 27.4 Å². The van der Waals surface area contributed by atoms with Crippen LogP contribution in [0.2, 0.25) is 0 Å². The van der Waals surface area contributed by atoms with Gasteiger partial charge in [0.2, 0.25) is 10.0 Å². The van der Waals surface area contributed by atoms with Crippen LogP contribution in [0.3, 0.4) is 0 Å². The number of esters is 1. The first kappa shape index (κ1) is 21.8. The van der Waals surface area contributed by atoms with Gasteiger partial charge in [-0.15, -0.1) is 0 Å². The molecule has 2 saturated heterocycles. The highest BCUT2D eigenvalue weighted by molar-refractivity contribution is 7.89. The minimum atomic E-state index is -4.20. The summed E-state index contributed by atoms with van der Waals surface area (Å²) in [6.07, 6.45) is 1.52. The summed E-state index contributed by atoms with van der Waals surface area (Å²) in [6, 6.07) is 11.4. The van der Waals surface area contributed by atoms with E-state index in [4.69, 9.17) is 4.74 Å². The lowest BCUT2D eigenvalue weighted by Gasteiger charge is -2.40. The fourth-order valence-corrected chi connectivity index (χ4v) is 7.26. The van der Waals surface area contributed by atoms with E-state index in [1.54, 1.807) is 0 Å². The van der Waals surface area contributed by atoms with E-state index in [2.05, 4.69) is 10.2 Å². The molecule has 11 heteroatoms. The molecule has 0 saturated carbocycles. The molecule has 0 aliphatic carbocycles. The van der Waals surface area contributed by atoms with Gasteiger partial charge in [0.25, 0.3) is 5.69 Å². The Labute approximate surface area is 191 Å². The molecule has 0 radical (unpaired) electrons. The van der Waals surface area contributed by atoms with E-state index >= 15 is 0 Å². The maximum atomic E-state index is 13.9. The molecule has 2 aromatic rings. The summed E-state index contributed by atoms with van der Waals surface area (Å²) in [5, 5.41) is 14.4. The first-order chi connectivity index (χ1) is 15.8. The lowest BCUT2D eigenvalue weighted by atomic mass is 9.85. The van der Waals surface area contributed by atoms with E-state index < -0.39 is 38.7 Å². The molecule has 1 N–H and O–H groups in total. The van der Waals surface area contributed by atoms with Crippen LogP contribution in [0.4, 0.5) is 11.4 Å². The molecule has 0 aromatic heterocycles. The molecule has 2 fully saturated rings. The van der Waals surface area contributed by atoms with Gasteiger partial charge in [-0.1, -0.05) is 18.2 Å². The number of rotatable bonds is 5. The summed E-state index contributed by atoms with van der Waals surface area (Å²) < 4.78 is 34.0. The number of likely N-dealkylation sites (tertiary alicyclic amines) is 1. The third kappa shape index (κ3) is 3.14. The zero-order valence-corrected chi connectivity index (χ0v) is 18.8. The average molecular weight is 473 g/mol. The number of benzene rings is 2. The lowest BCUT2D eigenvalue weighted by Crippen LogP contribution is -2.54. The molecular weight excluding hydrogens is 448 g/mol. The quantitative estimate of drug-likeness (QED) is 0.400. The van der Waals surface area contributed by atoms with Crippen LogP contribution in [-0.4, -0.2) is 60.9 Å². The van der Waals surface area contributed by atoms with Crippen molar-refractivity contribution in [2.45, 2.75) is 41.9 Å². The Bertz CT molecular complexity index is 1210. The second-order valence-corrected chi connectivity index (χ2v) is 10.4. The molecule has 3 aliphatic rings. The first-order valence-electron chi connectivity index (χ1n) is 10.8. The van der Waals surface area contributed by atoms with E-state index in [0.29, 0.717) is 0 Å². The predicted octanol–water partition coefficient (Wildman–Crippen LogP) is 2.27. The van der Waals surface area contributed by atoms with Crippen LogP contribution >= 0.6 is 0 Å². The van der Waals surface area contributed by atoms with Crippen LogP contribution < -0.4 is 5.32 Å². The Morgan fingerprint density at radius 1 is 1.15 bits per heavy atom. The predicted molar refractivity (Wildman–Crippen MR) is 119 cm³/mol. The topological polar surface area (TPSA) is 122 Å². The third-order valence-electron chi connectivity index (χ3n) is 6.97. The lowest BCUT2D eigenvalue weighted by molar-refractivity contribution is -0.384. The highest BCUT2D eigenvalue weighted by Crippen LogP contribution is 2.55. The largest absolute Gasteiger partial charge is 0.468 e. The highest BCUT2D eigenvalue weighted by atomic mass is 32.2. The van der Waals surface area contributed by atoms with Crippen LogP contribution in [0.25, 0.3) is 0 Å². The first-order valence-corrected chi connectivity index (χ1v) is 12.2. The van der Waals surface area contributed by atoms with Gasteiger partial charge in [-0.05, 0) is 49.7 Å². The molecular formula is C22H24N4O6S. The summed E-state index contributed by atoms with van der Waals surface area (Å²) in [5.41, 5.74) is 0.867. The van der Waals surface area contributed by atoms with Crippen LogP contribution in [-0.2, 0) is 25.1 Å². The molecule has 3 aliphatic heterocycles. The number of hydrogen-bond donors (Lipinski definition) is 1. The number of carbonyl (C=O) groups excluding carboxylic acids is 1. The monoisotopic (exact) mass is 472 g/mol. The van der Waals surface area contributed by atoms with Crippen LogP contribution in [0.5, 0.6) is 0 Å². The van der Waals surface area contributed by atoms with Gasteiger partial charge in [0.15, 0.2) is 0 Å². The Hall–Kier alpha value is -3.02. The fourth-order valence-electron chi connectivity index (χ4n) is 5.54. The second kappa shape index (κ2) is 7.79. The van der Waals surface area contributed by atoms with Gasteiger partial charge in [-0.25, -0.2) is 8.42 Å². The van der Waals surface area contributed by atoms with Gasteiger partial charge >= 0.3 is 5.97 Å². The fraction of sp³-hybridized carbons (Fsp3) is 0.409. The number of carbonyl (C=O) groups is 1. The third-order valence-corrected chi connectivity index (χ3v) is 8.86. The maximum Gasteiger partial charge on any atom is 0.324 e. The van der Waals surface area contributed by atoms with Crippen LogP contribution in [0.1, 0.15) is 24.8 Å². The second-order valence-electron chi connectivity index (χ2n) is 8.54. The standard InChI is InChI=1S/C22H24N4O6S/c1-32-20(27)19-14-22(24-12-4-5-13-24)17-6-2-3-7-18(17)23-21(22)25(19)33(30,31)16-10-8-15(9-11-16)26(28)29/h2-3,6-11,19,21,23H,4-5,12-14H2,1H3/t19-,21+,22-/m1/s1. The molecule has 3 atom stereocenters. The number of fused-ring (bicyclic) bond motifs is 3. The summed E-state index contributed by atoms with van der Waals surface area (Å²) in [4.78, 5) is 25.5. The van der Waals surface area contributed by atoms with E-state index in [1.165, 1.54) is 23.5 Å². The summed E-state index contributed by atoms with van der Waals surface area (Å²) in [5.74, 6) is -0.632. The van der Waals surface area contributed by atoms with Gasteiger partial charge < -0.3 is 10.1 Å². The van der Waals surface area contributed by atoms with Crippen molar-refractivity contribution in [3.8, 4) is 0 Å². The van der Waals surface area contributed by atoms with Crippen molar-refractivity contribution in [2.24, 2.45) is 0 Å². The molecule has 2 aromatic carbocycles. The summed E-state index contributed by atoms with van der Waals surface area (Å²) in [7, 11) is -2.96. The number of methoxy groups -OCH3 is 1. The summed E-state index contributed by atoms with van der Waals surface area (Å²) >= 11 is 0. The normalized spacial score (nSPS) is 27.1. The number of para-hydroxylation sites is 1. The number of anilines is 1. The van der Waals surface area contributed by atoms with E-state index in [-0.39, 0.29) is 17.0 Å². The summed E-state index contributed by atoms with van der Waals surface area (Å²) in [6.45, 7) is 1.59. The number of sulfonamides is 1. The SMILES string of the molecule is COC(=O)[C@H]1C[C@@]2(N3CCCC3)c3ccccc3N[C@H]2N1S(=O)(=O)c1ccc([N+](=O)[O-])cc1. The Morgan fingerprint density at radius 3 is 2.45 bits per heavy atom. The van der Waals surface area contributed by atoms with Gasteiger partial charge in [0, 0.05) is 24.2 Å². The highest BCUT2D eigenvalue weighted by Gasteiger charge is 2.65. The molecule has 10 nitrogen and oxygen atoms in total. The number of nitro groups is 1. The van der Waals surface area contributed by atoms with Crippen molar-refractivity contribution in [3.63, 3.8) is 0 Å². The van der Waals surface area contributed by atoms with Crippen molar-refractivity contribution in [1.82, 2.24) is 9.21 Å². The van der Waals surface area contributed by atoms with Crippen LogP contribution in [0, 0.1) is 10.1 Å². The van der Waals surface area contributed by atoms with Gasteiger partial charge in [0.05, 0.1) is 22.5 Å². The number of non-ortho nitro benzene ring substituents is 1. The van der Waals surface area contributed by atoms with Gasteiger partial charge in [-0.3, -0.25) is 19.8 Å². The molecule has 0 unspecified atom stereocenters. The Kier molecular flexibility index (Phi) is 5.15. The molecule has 3 heterocycles. The molecule has 174 valence electrons. The van der Waals surface area contributed by atoms with Gasteiger partial charge in [-0.2, -0.15) is 4.31 Å². The van der Waals surface area contributed by atoms with Crippen molar-refractivity contribution in [3.05, 3.63) is 64.2 Å². The van der Waals surface area contributed by atoms with E-state index in [1.807, 2.05) is 24.3 Å². The van der Waals surface area contributed by atoms with Crippen molar-refractivity contribution in [1.29, 1.82) is 0 Å². The Balaban J connectivity index is 1.66. The molecule has 33 heavy (non-hydrogen) atoms.